The van der Waals surface area contributed by atoms with Crippen molar-refractivity contribution in [3.8, 4) is 5.75 Å². The van der Waals surface area contributed by atoms with Crippen LogP contribution in [0.2, 0.25) is 5.02 Å². The van der Waals surface area contributed by atoms with Gasteiger partial charge >= 0.3 is 5.97 Å². The van der Waals surface area contributed by atoms with E-state index in [1.807, 2.05) is 48.5 Å². The number of aryl methyl sites for hydroxylation is 1. The second-order valence-electron chi connectivity index (χ2n) is 7.67. The number of halogens is 1. The fraction of sp³-hybridized carbons (Fsp3) is 0.154. The van der Waals surface area contributed by atoms with Gasteiger partial charge in [0.15, 0.2) is 5.11 Å². The first-order chi connectivity index (χ1) is 15.9. The topological polar surface area (TPSA) is 59.6 Å². The number of rotatable bonds is 6. The zero-order chi connectivity index (χ0) is 23.4. The minimum atomic E-state index is -0.484. The van der Waals surface area contributed by atoms with Gasteiger partial charge in [-0.1, -0.05) is 65.7 Å². The number of ether oxygens (including phenoxy) is 2. The maximum atomic E-state index is 12.8. The van der Waals surface area contributed by atoms with E-state index in [1.165, 1.54) is 12.7 Å². The summed E-state index contributed by atoms with van der Waals surface area (Å²) < 4.78 is 11.0. The molecule has 1 heterocycles. The molecular weight excluding hydrogens is 456 g/mol. The summed E-state index contributed by atoms with van der Waals surface area (Å²) in [6.07, 6.45) is 0. The third-order valence-corrected chi connectivity index (χ3v) is 5.78. The molecule has 0 amide bonds. The van der Waals surface area contributed by atoms with E-state index < -0.39 is 12.0 Å². The van der Waals surface area contributed by atoms with Gasteiger partial charge in [0.05, 0.1) is 24.4 Å². The van der Waals surface area contributed by atoms with Crippen LogP contribution in [-0.4, -0.2) is 18.2 Å². The first kappa shape index (κ1) is 22.8. The number of benzene rings is 3. The van der Waals surface area contributed by atoms with Crippen LogP contribution in [-0.2, 0) is 16.1 Å². The third kappa shape index (κ3) is 5.35. The van der Waals surface area contributed by atoms with Crippen molar-refractivity contribution in [3.63, 3.8) is 0 Å². The molecule has 4 rings (SSSR count). The van der Waals surface area contributed by atoms with Crippen molar-refractivity contribution < 1.29 is 14.3 Å². The Morgan fingerprint density at radius 2 is 1.79 bits per heavy atom. The van der Waals surface area contributed by atoms with Crippen molar-refractivity contribution in [2.75, 3.05) is 7.11 Å². The van der Waals surface area contributed by atoms with Crippen molar-refractivity contribution in [3.05, 3.63) is 106 Å². The van der Waals surface area contributed by atoms with E-state index in [1.54, 1.807) is 12.1 Å². The quantitative estimate of drug-likeness (QED) is 0.369. The van der Waals surface area contributed by atoms with E-state index >= 15 is 0 Å². The molecule has 5 nitrogen and oxygen atoms in total. The Hall–Kier alpha value is -3.35. The maximum absolute atomic E-state index is 12.8. The van der Waals surface area contributed by atoms with Gasteiger partial charge in [0.2, 0.25) is 0 Å². The Balaban J connectivity index is 1.63. The van der Waals surface area contributed by atoms with Gasteiger partial charge in [-0.2, -0.15) is 0 Å². The van der Waals surface area contributed by atoms with E-state index in [-0.39, 0.29) is 0 Å². The Labute approximate surface area is 203 Å². The molecule has 0 aromatic heterocycles. The van der Waals surface area contributed by atoms with Gasteiger partial charge in [0, 0.05) is 5.02 Å². The molecule has 7 heteroatoms. The van der Waals surface area contributed by atoms with Gasteiger partial charge < -0.3 is 20.1 Å². The smallest absolute Gasteiger partial charge is 0.338 e. The summed E-state index contributed by atoms with van der Waals surface area (Å²) in [6.45, 7) is 2.53. The van der Waals surface area contributed by atoms with E-state index in [2.05, 4.69) is 29.7 Å². The SMILES string of the molecule is COC(=O)C1=C(c2ccc(Cl)cc2)NC(=S)N[C@@H]1c1ccc(OCc2cccc(C)c2)cc1. The minimum Gasteiger partial charge on any atom is -0.489 e. The summed E-state index contributed by atoms with van der Waals surface area (Å²) in [5, 5.41) is 7.31. The Kier molecular flexibility index (Phi) is 6.96. The third-order valence-electron chi connectivity index (χ3n) is 5.31. The number of hydrogen-bond acceptors (Lipinski definition) is 4. The highest BCUT2D eigenvalue weighted by molar-refractivity contribution is 7.80. The van der Waals surface area contributed by atoms with Gasteiger partial charge in [0.1, 0.15) is 12.4 Å². The van der Waals surface area contributed by atoms with Crippen LogP contribution < -0.4 is 15.4 Å². The van der Waals surface area contributed by atoms with E-state index in [9.17, 15) is 4.79 Å². The molecule has 33 heavy (non-hydrogen) atoms. The van der Waals surface area contributed by atoms with Crippen LogP contribution in [0.5, 0.6) is 5.75 Å². The van der Waals surface area contributed by atoms with Crippen LogP contribution >= 0.6 is 23.8 Å². The lowest BCUT2D eigenvalue weighted by atomic mass is 9.93. The summed E-state index contributed by atoms with van der Waals surface area (Å²) in [4.78, 5) is 12.8. The molecule has 0 bridgehead atoms. The lowest BCUT2D eigenvalue weighted by Crippen LogP contribution is -2.45. The average molecular weight is 479 g/mol. The highest BCUT2D eigenvalue weighted by atomic mass is 35.5. The molecule has 0 aliphatic carbocycles. The number of carbonyl (C=O) groups excluding carboxylic acids is 1. The standard InChI is InChI=1S/C26H23ClN2O3S/c1-16-4-3-5-17(14-16)15-32-21-12-8-19(9-13-21)24-22(25(30)31-2)23(28-26(33)29-24)18-6-10-20(27)11-7-18/h3-14,24H,15H2,1-2H3,(H2,28,29,33)/t24-/m1/s1. The molecule has 1 aliphatic rings. The molecule has 1 aliphatic heterocycles. The first-order valence-corrected chi connectivity index (χ1v) is 11.2. The zero-order valence-corrected chi connectivity index (χ0v) is 19.8. The molecule has 3 aromatic rings. The summed E-state index contributed by atoms with van der Waals surface area (Å²) in [5.41, 5.74) is 4.96. The number of thiocarbonyl (C=S) groups is 1. The highest BCUT2D eigenvalue weighted by Gasteiger charge is 2.32. The van der Waals surface area contributed by atoms with Crippen LogP contribution in [0.25, 0.3) is 5.70 Å². The molecule has 0 spiro atoms. The Morgan fingerprint density at radius 3 is 2.45 bits per heavy atom. The van der Waals surface area contributed by atoms with Gasteiger partial charge in [-0.25, -0.2) is 4.79 Å². The normalized spacial score (nSPS) is 15.5. The van der Waals surface area contributed by atoms with Crippen LogP contribution in [0.4, 0.5) is 0 Å². The lowest BCUT2D eigenvalue weighted by molar-refractivity contribution is -0.136. The Bertz CT molecular complexity index is 1210. The largest absolute Gasteiger partial charge is 0.489 e. The van der Waals surface area contributed by atoms with Crippen molar-refractivity contribution in [2.45, 2.75) is 19.6 Å². The summed E-state index contributed by atoms with van der Waals surface area (Å²) in [7, 11) is 1.36. The van der Waals surface area contributed by atoms with Crippen molar-refractivity contribution in [2.24, 2.45) is 0 Å². The zero-order valence-electron chi connectivity index (χ0n) is 18.2. The van der Waals surface area contributed by atoms with Gasteiger partial charge in [-0.3, -0.25) is 0 Å². The van der Waals surface area contributed by atoms with Crippen LogP contribution in [0.3, 0.4) is 0 Å². The molecule has 2 N–H and O–H groups in total. The molecule has 168 valence electrons. The maximum Gasteiger partial charge on any atom is 0.338 e. The van der Waals surface area contributed by atoms with E-state index in [0.717, 1.165) is 22.4 Å². The van der Waals surface area contributed by atoms with Crippen LogP contribution in [0.15, 0.2) is 78.4 Å². The van der Waals surface area contributed by atoms with E-state index in [4.69, 9.17) is 33.3 Å². The van der Waals surface area contributed by atoms with Crippen molar-refractivity contribution >= 4 is 40.6 Å². The minimum absolute atomic E-state index is 0.414. The average Bonchev–Trinajstić information content (AvgIpc) is 2.82. The number of methoxy groups -OCH3 is 1. The lowest BCUT2D eigenvalue weighted by Gasteiger charge is -2.31. The Morgan fingerprint density at radius 1 is 1.06 bits per heavy atom. The highest BCUT2D eigenvalue weighted by Crippen LogP contribution is 2.33. The predicted octanol–water partition coefficient (Wildman–Crippen LogP) is 5.33. The molecule has 0 radical (unpaired) electrons. The fourth-order valence-electron chi connectivity index (χ4n) is 3.71. The predicted molar refractivity (Wildman–Crippen MR) is 134 cm³/mol. The number of carbonyl (C=O) groups is 1. The molecule has 0 saturated heterocycles. The number of hydrogen-bond donors (Lipinski definition) is 2. The van der Waals surface area contributed by atoms with Crippen molar-refractivity contribution in [1.29, 1.82) is 0 Å². The summed E-state index contributed by atoms with van der Waals surface area (Å²) in [6, 6.07) is 22.5. The summed E-state index contributed by atoms with van der Waals surface area (Å²) >= 11 is 11.5. The summed E-state index contributed by atoms with van der Waals surface area (Å²) in [5.74, 6) is 0.283. The molecule has 0 saturated carbocycles. The second kappa shape index (κ2) is 10.1. The monoisotopic (exact) mass is 478 g/mol. The molecule has 1 atom stereocenters. The van der Waals surface area contributed by atoms with Crippen LogP contribution in [0, 0.1) is 6.92 Å². The van der Waals surface area contributed by atoms with E-state index in [0.29, 0.717) is 28.0 Å². The van der Waals surface area contributed by atoms with Gasteiger partial charge in [-0.15, -0.1) is 0 Å². The number of nitrogens with one attached hydrogen (secondary N) is 2. The van der Waals surface area contributed by atoms with Gasteiger partial charge in [0.25, 0.3) is 0 Å². The molecule has 3 aromatic carbocycles. The molecular formula is C26H23ClN2O3S. The molecule has 0 fully saturated rings. The van der Waals surface area contributed by atoms with Crippen LogP contribution in [0.1, 0.15) is 28.3 Å². The first-order valence-electron chi connectivity index (χ1n) is 10.4. The molecule has 0 unspecified atom stereocenters. The van der Waals surface area contributed by atoms with Crippen molar-refractivity contribution in [1.82, 2.24) is 10.6 Å². The fourth-order valence-corrected chi connectivity index (χ4v) is 4.06. The second-order valence-corrected chi connectivity index (χ2v) is 8.51. The van der Waals surface area contributed by atoms with Gasteiger partial charge in [-0.05, 0) is 60.1 Å². The number of esters is 1.